The van der Waals surface area contributed by atoms with Crippen LogP contribution < -0.4 is 9.62 Å². The quantitative estimate of drug-likeness (QED) is 0.160. The third kappa shape index (κ3) is 8.96. The van der Waals surface area contributed by atoms with Crippen molar-refractivity contribution in [2.45, 2.75) is 57.1 Å². The first kappa shape index (κ1) is 34.2. The molecule has 236 valence electrons. The maximum atomic E-state index is 14.5. The first-order valence-corrected chi connectivity index (χ1v) is 17.3. The maximum absolute atomic E-state index is 14.5. The number of sulfonamides is 1. The predicted molar refractivity (Wildman–Crippen MR) is 184 cm³/mol. The van der Waals surface area contributed by atoms with Crippen molar-refractivity contribution in [2.24, 2.45) is 0 Å². The molecule has 2 unspecified atom stereocenters. The van der Waals surface area contributed by atoms with Crippen molar-refractivity contribution < 1.29 is 18.0 Å². The van der Waals surface area contributed by atoms with E-state index in [4.69, 9.17) is 11.6 Å². The maximum Gasteiger partial charge on any atom is 0.264 e. The zero-order valence-corrected chi connectivity index (χ0v) is 28.6. The summed E-state index contributed by atoms with van der Waals surface area (Å²) in [7, 11) is -4.20. The Morgan fingerprint density at radius 1 is 0.889 bits per heavy atom. The summed E-state index contributed by atoms with van der Waals surface area (Å²) in [5.41, 5.74) is 2.67. The number of amides is 2. The summed E-state index contributed by atoms with van der Waals surface area (Å²) in [4.78, 5) is 29.9. The summed E-state index contributed by atoms with van der Waals surface area (Å²) in [5.74, 6) is -0.844. The minimum Gasteiger partial charge on any atom is -0.352 e. The van der Waals surface area contributed by atoms with Gasteiger partial charge in [-0.05, 0) is 73.4 Å². The van der Waals surface area contributed by atoms with Crippen molar-refractivity contribution >= 4 is 55.1 Å². The molecule has 0 aliphatic carbocycles. The molecule has 2 amide bonds. The van der Waals surface area contributed by atoms with Crippen LogP contribution in [0.5, 0.6) is 0 Å². The number of nitrogens with one attached hydrogen (secondary N) is 1. The number of anilines is 1. The van der Waals surface area contributed by atoms with Crippen molar-refractivity contribution in [3.63, 3.8) is 0 Å². The molecule has 0 heterocycles. The van der Waals surface area contributed by atoms with E-state index in [1.807, 2.05) is 75.4 Å². The van der Waals surface area contributed by atoms with Gasteiger partial charge in [-0.1, -0.05) is 101 Å². The molecule has 0 bridgehead atoms. The molecule has 0 aromatic heterocycles. The van der Waals surface area contributed by atoms with Gasteiger partial charge < -0.3 is 10.2 Å². The van der Waals surface area contributed by atoms with E-state index in [0.717, 1.165) is 25.5 Å². The Labute approximate surface area is 279 Å². The van der Waals surface area contributed by atoms with Crippen molar-refractivity contribution in [3.05, 3.63) is 129 Å². The minimum atomic E-state index is -4.20. The lowest BCUT2D eigenvalue weighted by Crippen LogP contribution is -2.54. The van der Waals surface area contributed by atoms with Crippen LogP contribution in [0.15, 0.2) is 112 Å². The van der Waals surface area contributed by atoms with Gasteiger partial charge in [0.1, 0.15) is 12.6 Å². The summed E-state index contributed by atoms with van der Waals surface area (Å²) in [5, 5.41) is 3.42. The number of carbonyl (C=O) groups is 2. The largest absolute Gasteiger partial charge is 0.352 e. The molecule has 0 saturated carbocycles. The second kappa shape index (κ2) is 15.6. The molecular formula is C35H37BrClN3O4S. The van der Waals surface area contributed by atoms with Crippen LogP contribution >= 0.6 is 27.5 Å². The lowest BCUT2D eigenvalue weighted by molar-refractivity contribution is -0.140. The standard InChI is InChI=1S/C35H37BrClN3O4S/c1-4-26(3)38-35(42)33(21-27-11-7-5-8-12-27)39(23-28-16-18-29(36)19-17-28)34(41)24-40(30-20-15-25(2)32(37)22-30)45(43,44)31-13-9-6-10-14-31/h5-20,22,26,33H,4,21,23-24H2,1-3H3,(H,38,42). The molecule has 4 aromatic carbocycles. The fraction of sp³-hybridized carbons (Fsp3) is 0.257. The number of benzene rings is 4. The normalized spacial score (nSPS) is 12.6. The van der Waals surface area contributed by atoms with E-state index in [2.05, 4.69) is 21.2 Å². The number of carbonyl (C=O) groups excluding carboxylic acids is 2. The van der Waals surface area contributed by atoms with Crippen molar-refractivity contribution in [1.29, 1.82) is 0 Å². The van der Waals surface area contributed by atoms with Gasteiger partial charge in [0.25, 0.3) is 10.0 Å². The molecule has 45 heavy (non-hydrogen) atoms. The Morgan fingerprint density at radius 3 is 2.11 bits per heavy atom. The number of rotatable bonds is 13. The van der Waals surface area contributed by atoms with Gasteiger partial charge in [-0.3, -0.25) is 13.9 Å². The third-order valence-corrected chi connectivity index (χ3v) is 10.3. The fourth-order valence-electron chi connectivity index (χ4n) is 4.77. The van der Waals surface area contributed by atoms with E-state index in [1.165, 1.54) is 17.0 Å². The lowest BCUT2D eigenvalue weighted by atomic mass is 10.0. The number of aryl methyl sites for hydroxylation is 1. The van der Waals surface area contributed by atoms with E-state index >= 15 is 0 Å². The Kier molecular flexibility index (Phi) is 11.8. The fourth-order valence-corrected chi connectivity index (χ4v) is 6.63. The third-order valence-electron chi connectivity index (χ3n) is 7.59. The van der Waals surface area contributed by atoms with E-state index in [9.17, 15) is 18.0 Å². The molecular weight excluding hydrogens is 674 g/mol. The molecule has 0 fully saturated rings. The van der Waals surface area contributed by atoms with Crippen molar-refractivity contribution in [1.82, 2.24) is 10.2 Å². The van der Waals surface area contributed by atoms with Crippen LogP contribution in [0.25, 0.3) is 0 Å². The second-order valence-corrected chi connectivity index (χ2v) is 14.1. The predicted octanol–water partition coefficient (Wildman–Crippen LogP) is 7.16. The molecule has 0 aliphatic rings. The molecule has 0 spiro atoms. The van der Waals surface area contributed by atoms with Gasteiger partial charge in [0.2, 0.25) is 11.8 Å². The Hall–Kier alpha value is -3.66. The summed E-state index contributed by atoms with van der Waals surface area (Å²) in [6.45, 7) is 5.24. The number of halogens is 2. The second-order valence-electron chi connectivity index (χ2n) is 10.9. The van der Waals surface area contributed by atoms with Gasteiger partial charge in [-0.25, -0.2) is 8.42 Å². The topological polar surface area (TPSA) is 86.8 Å². The summed E-state index contributed by atoms with van der Waals surface area (Å²) < 4.78 is 30.1. The molecule has 4 rings (SSSR count). The highest BCUT2D eigenvalue weighted by Crippen LogP contribution is 2.29. The first-order valence-electron chi connectivity index (χ1n) is 14.7. The van der Waals surface area contributed by atoms with E-state index in [0.29, 0.717) is 11.4 Å². The van der Waals surface area contributed by atoms with Crippen LogP contribution in [0.4, 0.5) is 5.69 Å². The Balaban J connectivity index is 1.81. The SMILES string of the molecule is CCC(C)NC(=O)C(Cc1ccccc1)N(Cc1ccc(Br)cc1)C(=O)CN(c1ccc(C)c(Cl)c1)S(=O)(=O)c1ccccc1. The van der Waals surface area contributed by atoms with Gasteiger partial charge in [-0.2, -0.15) is 0 Å². The molecule has 0 saturated heterocycles. The smallest absolute Gasteiger partial charge is 0.264 e. The van der Waals surface area contributed by atoms with Gasteiger partial charge in [0.05, 0.1) is 10.6 Å². The Bertz CT molecular complexity index is 1700. The molecule has 0 radical (unpaired) electrons. The van der Waals surface area contributed by atoms with Gasteiger partial charge in [0.15, 0.2) is 0 Å². The highest BCUT2D eigenvalue weighted by molar-refractivity contribution is 9.10. The lowest BCUT2D eigenvalue weighted by Gasteiger charge is -2.34. The monoisotopic (exact) mass is 709 g/mol. The molecule has 1 N–H and O–H groups in total. The van der Waals surface area contributed by atoms with Crippen LogP contribution in [-0.4, -0.2) is 43.8 Å². The van der Waals surface area contributed by atoms with Crippen LogP contribution in [-0.2, 0) is 32.6 Å². The zero-order valence-electron chi connectivity index (χ0n) is 25.5. The molecule has 7 nitrogen and oxygen atoms in total. The molecule has 0 aliphatic heterocycles. The van der Waals surface area contributed by atoms with Crippen molar-refractivity contribution in [3.8, 4) is 0 Å². The van der Waals surface area contributed by atoms with Gasteiger partial charge >= 0.3 is 0 Å². The van der Waals surface area contributed by atoms with Gasteiger partial charge in [-0.15, -0.1) is 0 Å². The van der Waals surface area contributed by atoms with E-state index < -0.39 is 28.5 Å². The zero-order chi connectivity index (χ0) is 32.6. The average molecular weight is 711 g/mol. The molecule has 10 heteroatoms. The summed E-state index contributed by atoms with van der Waals surface area (Å²) in [6, 6.07) is 28.8. The van der Waals surface area contributed by atoms with Crippen molar-refractivity contribution in [2.75, 3.05) is 10.8 Å². The van der Waals surface area contributed by atoms with Crippen LogP contribution in [0.2, 0.25) is 5.02 Å². The molecule has 4 aromatic rings. The minimum absolute atomic E-state index is 0.0318. The summed E-state index contributed by atoms with van der Waals surface area (Å²) >= 11 is 9.90. The average Bonchev–Trinajstić information content (AvgIpc) is 3.04. The number of hydrogen-bond donors (Lipinski definition) is 1. The van der Waals surface area contributed by atoms with Gasteiger partial charge in [0, 0.05) is 28.5 Å². The van der Waals surface area contributed by atoms with E-state index in [1.54, 1.807) is 36.4 Å². The molecule has 2 atom stereocenters. The van der Waals surface area contributed by atoms with Crippen LogP contribution in [0.3, 0.4) is 0 Å². The number of nitrogens with zero attached hydrogens (tertiary/aromatic N) is 2. The van der Waals surface area contributed by atoms with E-state index in [-0.39, 0.29) is 35.5 Å². The highest BCUT2D eigenvalue weighted by Gasteiger charge is 2.35. The Morgan fingerprint density at radius 2 is 1.51 bits per heavy atom. The first-order chi connectivity index (χ1) is 21.5. The highest BCUT2D eigenvalue weighted by atomic mass is 79.9. The number of hydrogen-bond acceptors (Lipinski definition) is 4. The van der Waals surface area contributed by atoms with Crippen LogP contribution in [0.1, 0.15) is 37.0 Å². The summed E-state index contributed by atoms with van der Waals surface area (Å²) in [6.07, 6.45) is 0.953. The van der Waals surface area contributed by atoms with Crippen LogP contribution in [0, 0.1) is 6.92 Å².